The molecule has 0 aromatic rings. The van der Waals surface area contributed by atoms with Gasteiger partial charge in [0.1, 0.15) is 6.29 Å². The summed E-state index contributed by atoms with van der Waals surface area (Å²) in [4.78, 5) is 10.7. The SMILES string of the molecule is CC1=C(C=O)[C@@H]2[C@H](C1)C2(C)C. The van der Waals surface area contributed by atoms with Crippen LogP contribution in [0.4, 0.5) is 0 Å². The molecule has 0 aliphatic heterocycles. The number of hydrogen-bond acceptors (Lipinski definition) is 1. The molecule has 60 valence electrons. The summed E-state index contributed by atoms with van der Waals surface area (Å²) in [5.41, 5.74) is 2.85. The minimum absolute atomic E-state index is 0.426. The van der Waals surface area contributed by atoms with Crippen LogP contribution in [0.3, 0.4) is 0 Å². The number of allylic oxidation sites excluding steroid dienone is 2. The van der Waals surface area contributed by atoms with Gasteiger partial charge >= 0.3 is 0 Å². The second-order valence-electron chi connectivity index (χ2n) is 4.46. The van der Waals surface area contributed by atoms with Crippen molar-refractivity contribution >= 4 is 6.29 Å². The summed E-state index contributed by atoms with van der Waals surface area (Å²) < 4.78 is 0. The molecule has 1 heteroatoms. The van der Waals surface area contributed by atoms with Gasteiger partial charge in [0, 0.05) is 0 Å². The number of fused-ring (bicyclic) bond motifs is 1. The Morgan fingerprint density at radius 3 is 2.55 bits per heavy atom. The molecule has 0 N–H and O–H groups in total. The third-order valence-electron chi connectivity index (χ3n) is 3.53. The fraction of sp³-hybridized carbons (Fsp3) is 0.700. The van der Waals surface area contributed by atoms with E-state index in [1.165, 1.54) is 5.57 Å². The molecule has 0 saturated heterocycles. The summed E-state index contributed by atoms with van der Waals surface area (Å²) in [6.07, 6.45) is 2.22. The highest BCUT2D eigenvalue weighted by Crippen LogP contribution is 2.67. The summed E-state index contributed by atoms with van der Waals surface area (Å²) in [7, 11) is 0. The van der Waals surface area contributed by atoms with E-state index in [4.69, 9.17) is 0 Å². The summed E-state index contributed by atoms with van der Waals surface area (Å²) in [5, 5.41) is 0. The Hall–Kier alpha value is -0.590. The van der Waals surface area contributed by atoms with Gasteiger partial charge in [0.2, 0.25) is 0 Å². The lowest BCUT2D eigenvalue weighted by atomic mass is 9.96. The largest absolute Gasteiger partial charge is 0.298 e. The Labute approximate surface area is 67.5 Å². The zero-order valence-electron chi connectivity index (χ0n) is 7.35. The van der Waals surface area contributed by atoms with Crippen LogP contribution in [0, 0.1) is 17.3 Å². The van der Waals surface area contributed by atoms with Crippen molar-refractivity contribution in [1.82, 2.24) is 0 Å². The molecule has 2 aliphatic carbocycles. The molecule has 2 aliphatic rings. The third kappa shape index (κ3) is 0.688. The third-order valence-corrected chi connectivity index (χ3v) is 3.53. The van der Waals surface area contributed by atoms with Gasteiger partial charge in [-0.3, -0.25) is 4.79 Å². The average Bonchev–Trinajstić information content (AvgIpc) is 2.38. The van der Waals surface area contributed by atoms with Gasteiger partial charge < -0.3 is 0 Å². The summed E-state index contributed by atoms with van der Waals surface area (Å²) >= 11 is 0. The van der Waals surface area contributed by atoms with Gasteiger partial charge in [-0.15, -0.1) is 0 Å². The summed E-state index contributed by atoms with van der Waals surface area (Å²) in [6.45, 7) is 6.61. The van der Waals surface area contributed by atoms with E-state index in [-0.39, 0.29) is 0 Å². The van der Waals surface area contributed by atoms with E-state index in [9.17, 15) is 4.79 Å². The smallest absolute Gasteiger partial charge is 0.146 e. The molecular weight excluding hydrogens is 136 g/mol. The lowest BCUT2D eigenvalue weighted by molar-refractivity contribution is -0.105. The van der Waals surface area contributed by atoms with Crippen LogP contribution in [0.2, 0.25) is 0 Å². The molecule has 0 spiro atoms. The van der Waals surface area contributed by atoms with Crippen molar-refractivity contribution in [2.45, 2.75) is 27.2 Å². The van der Waals surface area contributed by atoms with Crippen LogP contribution in [-0.4, -0.2) is 6.29 Å². The highest BCUT2D eigenvalue weighted by atomic mass is 16.1. The van der Waals surface area contributed by atoms with E-state index in [0.29, 0.717) is 11.3 Å². The first kappa shape index (κ1) is 7.08. The maximum absolute atomic E-state index is 10.7. The minimum atomic E-state index is 0.426. The molecule has 2 rings (SSSR count). The molecule has 0 bridgehead atoms. The first-order valence-corrected chi connectivity index (χ1v) is 4.24. The Bertz CT molecular complexity index is 248. The van der Waals surface area contributed by atoms with Crippen molar-refractivity contribution in [1.29, 1.82) is 0 Å². The van der Waals surface area contributed by atoms with Crippen molar-refractivity contribution in [3.8, 4) is 0 Å². The monoisotopic (exact) mass is 150 g/mol. The van der Waals surface area contributed by atoms with E-state index in [1.54, 1.807) is 0 Å². The van der Waals surface area contributed by atoms with E-state index in [2.05, 4.69) is 20.8 Å². The zero-order chi connectivity index (χ0) is 8.22. The first-order chi connectivity index (χ1) is 5.09. The van der Waals surface area contributed by atoms with Gasteiger partial charge in [0.05, 0.1) is 0 Å². The highest BCUT2D eigenvalue weighted by Gasteiger charge is 2.62. The Kier molecular flexibility index (Phi) is 1.14. The van der Waals surface area contributed by atoms with E-state index >= 15 is 0 Å². The van der Waals surface area contributed by atoms with Gasteiger partial charge in [0.25, 0.3) is 0 Å². The zero-order valence-corrected chi connectivity index (χ0v) is 7.35. The van der Waals surface area contributed by atoms with Crippen molar-refractivity contribution in [3.05, 3.63) is 11.1 Å². The number of carbonyl (C=O) groups excluding carboxylic acids is 1. The van der Waals surface area contributed by atoms with Gasteiger partial charge in [-0.25, -0.2) is 0 Å². The quantitative estimate of drug-likeness (QED) is 0.523. The molecule has 11 heavy (non-hydrogen) atoms. The maximum atomic E-state index is 10.7. The summed E-state index contributed by atoms with van der Waals surface area (Å²) in [6, 6.07) is 0. The van der Waals surface area contributed by atoms with Gasteiger partial charge in [-0.2, -0.15) is 0 Å². The topological polar surface area (TPSA) is 17.1 Å². The Morgan fingerprint density at radius 1 is 1.55 bits per heavy atom. The van der Waals surface area contributed by atoms with Gasteiger partial charge in [-0.1, -0.05) is 19.4 Å². The lowest BCUT2D eigenvalue weighted by Crippen LogP contribution is -2.00. The van der Waals surface area contributed by atoms with Crippen molar-refractivity contribution in [3.63, 3.8) is 0 Å². The number of carbonyl (C=O) groups is 1. The Balaban J connectivity index is 2.31. The first-order valence-electron chi connectivity index (χ1n) is 4.24. The maximum Gasteiger partial charge on any atom is 0.146 e. The molecule has 0 radical (unpaired) electrons. The average molecular weight is 150 g/mol. The van der Waals surface area contributed by atoms with Crippen LogP contribution in [-0.2, 0) is 4.79 Å². The predicted octanol–water partition coefficient (Wildman–Crippen LogP) is 2.18. The predicted molar refractivity (Wildman–Crippen MR) is 44.1 cm³/mol. The van der Waals surface area contributed by atoms with Crippen LogP contribution < -0.4 is 0 Å². The second-order valence-corrected chi connectivity index (χ2v) is 4.46. The van der Waals surface area contributed by atoms with E-state index in [0.717, 1.165) is 24.2 Å². The fourth-order valence-corrected chi connectivity index (χ4v) is 2.63. The van der Waals surface area contributed by atoms with Crippen LogP contribution in [0.5, 0.6) is 0 Å². The lowest BCUT2D eigenvalue weighted by Gasteiger charge is -2.08. The normalized spacial score (nSPS) is 38.8. The van der Waals surface area contributed by atoms with Crippen molar-refractivity contribution in [2.75, 3.05) is 0 Å². The number of rotatable bonds is 1. The van der Waals surface area contributed by atoms with Gasteiger partial charge in [0.15, 0.2) is 0 Å². The van der Waals surface area contributed by atoms with Crippen LogP contribution in [0.25, 0.3) is 0 Å². The van der Waals surface area contributed by atoms with Crippen molar-refractivity contribution < 1.29 is 4.79 Å². The highest BCUT2D eigenvalue weighted by molar-refractivity contribution is 5.78. The number of aldehydes is 1. The van der Waals surface area contributed by atoms with Crippen LogP contribution >= 0.6 is 0 Å². The second kappa shape index (κ2) is 1.77. The van der Waals surface area contributed by atoms with Crippen molar-refractivity contribution in [2.24, 2.45) is 17.3 Å². The van der Waals surface area contributed by atoms with Crippen LogP contribution in [0.1, 0.15) is 27.2 Å². The fourth-order valence-electron chi connectivity index (χ4n) is 2.63. The molecule has 0 unspecified atom stereocenters. The molecule has 0 heterocycles. The van der Waals surface area contributed by atoms with E-state index in [1.807, 2.05) is 0 Å². The molecule has 1 saturated carbocycles. The molecule has 0 amide bonds. The Morgan fingerprint density at radius 2 is 2.18 bits per heavy atom. The molecular formula is C10H14O. The van der Waals surface area contributed by atoms with Gasteiger partial charge in [-0.05, 0) is 36.2 Å². The molecule has 2 atom stereocenters. The molecule has 0 aromatic carbocycles. The standard InChI is InChI=1S/C10H14O/c1-6-4-8-9(7(6)5-11)10(8,2)3/h5,8-9H,4H2,1-3H3/t8-,9+/m0/s1. The molecule has 1 fully saturated rings. The van der Waals surface area contributed by atoms with Crippen LogP contribution in [0.15, 0.2) is 11.1 Å². The number of hydrogen-bond donors (Lipinski definition) is 0. The minimum Gasteiger partial charge on any atom is -0.298 e. The summed E-state index contributed by atoms with van der Waals surface area (Å²) in [5.74, 6) is 1.38. The van der Waals surface area contributed by atoms with E-state index < -0.39 is 0 Å². The molecule has 0 aromatic heterocycles. The molecule has 1 nitrogen and oxygen atoms in total.